The maximum absolute atomic E-state index is 12.2. The number of aromatic nitrogens is 5. The molecule has 31 heavy (non-hydrogen) atoms. The second kappa shape index (κ2) is 7.08. The van der Waals surface area contributed by atoms with E-state index in [0.717, 1.165) is 29.5 Å². The molecule has 2 aromatic heterocycles. The quantitative estimate of drug-likeness (QED) is 0.611. The van der Waals surface area contributed by atoms with Crippen molar-refractivity contribution in [3.05, 3.63) is 70.2 Å². The van der Waals surface area contributed by atoms with E-state index in [-0.39, 0.29) is 44.8 Å². The molecule has 0 radical (unpaired) electrons. The first-order valence-electron chi connectivity index (χ1n) is 9.31. The van der Waals surface area contributed by atoms with E-state index in [4.69, 9.17) is 33.2 Å². The maximum atomic E-state index is 12.2. The van der Waals surface area contributed by atoms with Gasteiger partial charge in [0, 0.05) is 11.1 Å². The summed E-state index contributed by atoms with van der Waals surface area (Å²) in [7, 11) is 0. The Morgan fingerprint density at radius 3 is 2.45 bits per heavy atom. The second-order valence-electron chi connectivity index (χ2n) is 7.36. The second-order valence-corrected chi connectivity index (χ2v) is 8.18. The molecular weight excluding hydrogens is 447 g/mol. The van der Waals surface area contributed by atoms with E-state index in [1.807, 2.05) is 4.98 Å². The standard InChI is InChI=1S/C19H12Cl2N6O4/c20-10-4-9(27-19(30)23-16(28)12(6-22)26-27)5-11(21)15(10)31-18-14-8-2-1-7(3-8)13(14)17(29)24-25-18/h4-5,7-8H,1-3H2,(H,24,29)(H,23,28,30). The van der Waals surface area contributed by atoms with Gasteiger partial charge < -0.3 is 4.74 Å². The number of aromatic amines is 2. The highest BCUT2D eigenvalue weighted by molar-refractivity contribution is 6.37. The largest absolute Gasteiger partial charge is 0.434 e. The molecule has 2 N–H and O–H groups in total. The van der Waals surface area contributed by atoms with E-state index in [1.54, 1.807) is 6.07 Å². The van der Waals surface area contributed by atoms with Crippen LogP contribution in [0.4, 0.5) is 0 Å². The minimum absolute atomic E-state index is 0.0471. The zero-order chi connectivity index (χ0) is 21.9. The van der Waals surface area contributed by atoms with E-state index < -0.39 is 16.9 Å². The summed E-state index contributed by atoms with van der Waals surface area (Å²) in [4.78, 5) is 37.9. The average molecular weight is 459 g/mol. The van der Waals surface area contributed by atoms with Crippen LogP contribution in [0.5, 0.6) is 11.6 Å². The van der Waals surface area contributed by atoms with Crippen LogP contribution in [0.25, 0.3) is 5.69 Å². The Labute approximate surface area is 183 Å². The number of rotatable bonds is 3. The number of fused-ring (bicyclic) bond motifs is 5. The molecule has 2 bridgehead atoms. The summed E-state index contributed by atoms with van der Waals surface area (Å²) in [6.45, 7) is 0. The van der Waals surface area contributed by atoms with Gasteiger partial charge >= 0.3 is 5.69 Å². The monoisotopic (exact) mass is 458 g/mol. The summed E-state index contributed by atoms with van der Waals surface area (Å²) in [5.74, 6) is 0.740. The number of hydrogen-bond donors (Lipinski definition) is 2. The molecule has 0 saturated heterocycles. The Morgan fingerprint density at radius 1 is 1.10 bits per heavy atom. The first-order chi connectivity index (χ1) is 14.9. The molecule has 12 heteroatoms. The number of H-pyrrole nitrogens is 2. The molecule has 2 aliphatic rings. The Hall–Kier alpha value is -3.42. The van der Waals surface area contributed by atoms with E-state index in [9.17, 15) is 14.4 Å². The number of nitriles is 1. The lowest BCUT2D eigenvalue weighted by atomic mass is 9.94. The normalized spacial score (nSPS) is 18.6. The summed E-state index contributed by atoms with van der Waals surface area (Å²) in [6.07, 6.45) is 2.82. The minimum Gasteiger partial charge on any atom is -0.434 e. The Balaban J connectivity index is 1.58. The van der Waals surface area contributed by atoms with Crippen LogP contribution in [-0.2, 0) is 0 Å². The van der Waals surface area contributed by atoms with Crippen molar-refractivity contribution in [3.8, 4) is 23.4 Å². The van der Waals surface area contributed by atoms with Crippen molar-refractivity contribution < 1.29 is 4.74 Å². The van der Waals surface area contributed by atoms with Gasteiger partial charge in [-0.3, -0.25) is 14.6 Å². The highest BCUT2D eigenvalue weighted by Gasteiger charge is 2.42. The van der Waals surface area contributed by atoms with Gasteiger partial charge in [0.1, 0.15) is 6.07 Å². The smallest absolute Gasteiger partial charge is 0.349 e. The lowest BCUT2D eigenvalue weighted by Gasteiger charge is -2.18. The van der Waals surface area contributed by atoms with Crippen molar-refractivity contribution in [3.63, 3.8) is 0 Å². The molecule has 1 saturated carbocycles. The molecule has 2 unspecified atom stereocenters. The summed E-state index contributed by atoms with van der Waals surface area (Å²) in [6, 6.07) is 4.32. The Morgan fingerprint density at radius 2 is 1.77 bits per heavy atom. The molecule has 0 amide bonds. The van der Waals surface area contributed by atoms with Crippen molar-refractivity contribution in [2.45, 2.75) is 31.1 Å². The predicted molar refractivity (Wildman–Crippen MR) is 109 cm³/mol. The molecule has 1 fully saturated rings. The first kappa shape index (κ1) is 19.5. The van der Waals surface area contributed by atoms with Crippen molar-refractivity contribution in [2.24, 2.45) is 0 Å². The number of hydrogen-bond acceptors (Lipinski definition) is 7. The van der Waals surface area contributed by atoms with E-state index in [2.05, 4.69) is 15.3 Å². The summed E-state index contributed by atoms with van der Waals surface area (Å²) in [5.41, 5.74) is -0.839. The number of benzene rings is 1. The van der Waals surface area contributed by atoms with Gasteiger partial charge in [-0.2, -0.15) is 9.94 Å². The fourth-order valence-corrected chi connectivity index (χ4v) is 4.91. The van der Waals surface area contributed by atoms with Crippen LogP contribution in [0.3, 0.4) is 0 Å². The topological polar surface area (TPSA) is 147 Å². The van der Waals surface area contributed by atoms with Gasteiger partial charge in [-0.05, 0) is 43.2 Å². The zero-order valence-corrected chi connectivity index (χ0v) is 17.1. The van der Waals surface area contributed by atoms with Crippen LogP contribution >= 0.6 is 23.2 Å². The lowest BCUT2D eigenvalue weighted by molar-refractivity contribution is 0.440. The molecular formula is C19H12Cl2N6O4. The Bertz CT molecular complexity index is 1440. The van der Waals surface area contributed by atoms with Crippen molar-refractivity contribution in [2.75, 3.05) is 0 Å². The third-order valence-corrected chi connectivity index (χ3v) is 6.19. The van der Waals surface area contributed by atoms with Crippen molar-refractivity contribution in [1.82, 2.24) is 25.0 Å². The number of halogens is 2. The third kappa shape index (κ3) is 3.05. The number of ether oxygens (including phenoxy) is 1. The number of nitrogens with zero attached hydrogens (tertiary/aromatic N) is 4. The van der Waals surface area contributed by atoms with E-state index in [0.29, 0.717) is 5.56 Å². The number of nitrogens with one attached hydrogen (secondary N) is 2. The summed E-state index contributed by atoms with van der Waals surface area (Å²) in [5, 5.41) is 19.3. The van der Waals surface area contributed by atoms with Gasteiger partial charge in [-0.15, -0.1) is 10.2 Å². The lowest BCUT2D eigenvalue weighted by Crippen LogP contribution is -2.33. The predicted octanol–water partition coefficient (Wildman–Crippen LogP) is 2.34. The first-order valence-corrected chi connectivity index (χ1v) is 10.1. The molecule has 0 aliphatic heterocycles. The van der Waals surface area contributed by atoms with Crippen LogP contribution < -0.4 is 21.5 Å². The maximum Gasteiger partial charge on any atom is 0.349 e. The van der Waals surface area contributed by atoms with Crippen molar-refractivity contribution >= 4 is 23.2 Å². The van der Waals surface area contributed by atoms with Crippen molar-refractivity contribution in [1.29, 1.82) is 5.26 Å². The van der Waals surface area contributed by atoms with E-state index in [1.165, 1.54) is 12.1 Å². The van der Waals surface area contributed by atoms with Crippen LogP contribution in [0.2, 0.25) is 10.0 Å². The van der Waals surface area contributed by atoms with Gasteiger partial charge in [0.25, 0.3) is 11.1 Å². The van der Waals surface area contributed by atoms with Gasteiger partial charge in [0.15, 0.2) is 5.75 Å². The van der Waals surface area contributed by atoms with E-state index >= 15 is 0 Å². The molecule has 2 atom stereocenters. The molecule has 0 spiro atoms. The Kier molecular flexibility index (Phi) is 4.46. The zero-order valence-electron chi connectivity index (χ0n) is 15.6. The summed E-state index contributed by atoms with van der Waals surface area (Å²) >= 11 is 12.7. The van der Waals surface area contributed by atoms with Gasteiger partial charge in [-0.25, -0.2) is 9.89 Å². The molecule has 5 rings (SSSR count). The highest BCUT2D eigenvalue weighted by Crippen LogP contribution is 2.54. The van der Waals surface area contributed by atoms with Gasteiger partial charge in [-0.1, -0.05) is 23.2 Å². The average Bonchev–Trinajstić information content (AvgIpc) is 3.35. The molecule has 2 aliphatic carbocycles. The SMILES string of the molecule is N#Cc1nn(-c2cc(Cl)c(Oc3n[nH]c(=O)c4c3C3CCC4C3)c(Cl)c2)c(=O)[nH]c1=O. The molecule has 3 aromatic rings. The molecule has 10 nitrogen and oxygen atoms in total. The molecule has 1 aromatic carbocycles. The fourth-order valence-electron chi connectivity index (χ4n) is 4.35. The third-order valence-electron chi connectivity index (χ3n) is 5.63. The fraction of sp³-hybridized carbons (Fsp3) is 0.263. The molecule has 2 heterocycles. The molecule has 156 valence electrons. The van der Waals surface area contributed by atoms with Gasteiger partial charge in [0.05, 0.1) is 15.7 Å². The highest BCUT2D eigenvalue weighted by atomic mass is 35.5. The summed E-state index contributed by atoms with van der Waals surface area (Å²) < 4.78 is 6.71. The van der Waals surface area contributed by atoms with Crippen LogP contribution in [0.1, 0.15) is 47.9 Å². The van der Waals surface area contributed by atoms with Crippen LogP contribution in [0, 0.1) is 11.3 Å². The van der Waals surface area contributed by atoms with Gasteiger partial charge in [0.2, 0.25) is 11.6 Å². The van der Waals surface area contributed by atoms with Crippen LogP contribution in [-0.4, -0.2) is 25.0 Å². The minimum atomic E-state index is -0.895. The van der Waals surface area contributed by atoms with Crippen LogP contribution in [0.15, 0.2) is 26.5 Å².